The molecule has 0 spiro atoms. The molecule has 150 valence electrons. The van der Waals surface area contributed by atoms with Gasteiger partial charge in [0.15, 0.2) is 0 Å². The Labute approximate surface area is 169 Å². The van der Waals surface area contributed by atoms with E-state index in [-0.39, 0.29) is 0 Å². The van der Waals surface area contributed by atoms with Gasteiger partial charge in [-0.25, -0.2) is 0 Å². The lowest BCUT2D eigenvalue weighted by Gasteiger charge is -2.34. The third kappa shape index (κ3) is 4.03. The molecule has 2 atom stereocenters. The van der Waals surface area contributed by atoms with Crippen LogP contribution in [0.4, 0.5) is 5.69 Å². The van der Waals surface area contributed by atoms with Gasteiger partial charge < -0.3 is 20.3 Å². The first-order valence-corrected chi connectivity index (χ1v) is 10.8. The fourth-order valence-corrected chi connectivity index (χ4v) is 4.75. The summed E-state index contributed by atoms with van der Waals surface area (Å²) in [6.07, 6.45) is 4.79. The van der Waals surface area contributed by atoms with E-state index in [4.69, 9.17) is 4.74 Å². The van der Waals surface area contributed by atoms with E-state index in [0.717, 1.165) is 38.3 Å². The largest absolute Gasteiger partial charge is 0.496 e. The molecule has 0 aliphatic carbocycles. The average Bonchev–Trinajstić information content (AvgIpc) is 2.77. The van der Waals surface area contributed by atoms with Crippen LogP contribution in [0.5, 0.6) is 5.75 Å². The third-order valence-corrected chi connectivity index (χ3v) is 6.25. The maximum atomic E-state index is 5.76. The molecule has 4 heteroatoms. The van der Waals surface area contributed by atoms with Crippen molar-refractivity contribution in [3.05, 3.63) is 59.2 Å². The molecule has 2 heterocycles. The fraction of sp³-hybridized carbons (Fsp3) is 0.500. The average molecular weight is 380 g/mol. The van der Waals surface area contributed by atoms with Crippen molar-refractivity contribution in [2.24, 2.45) is 0 Å². The van der Waals surface area contributed by atoms with Crippen molar-refractivity contribution in [2.45, 2.75) is 51.2 Å². The summed E-state index contributed by atoms with van der Waals surface area (Å²) in [6.45, 7) is 6.39. The number of benzene rings is 2. The van der Waals surface area contributed by atoms with Crippen LogP contribution in [-0.2, 0) is 13.0 Å². The minimum absolute atomic E-state index is 0.366. The van der Waals surface area contributed by atoms with Gasteiger partial charge in [0.05, 0.1) is 7.11 Å². The quantitative estimate of drug-likeness (QED) is 0.794. The van der Waals surface area contributed by atoms with Crippen LogP contribution in [0.25, 0.3) is 0 Å². The molecule has 2 aromatic carbocycles. The number of nitrogens with one attached hydrogen (secondary N) is 2. The van der Waals surface area contributed by atoms with Gasteiger partial charge in [-0.15, -0.1) is 0 Å². The van der Waals surface area contributed by atoms with Crippen molar-refractivity contribution >= 4 is 5.69 Å². The molecule has 0 bridgehead atoms. The molecule has 4 rings (SSSR count). The van der Waals surface area contributed by atoms with E-state index in [9.17, 15) is 0 Å². The molecule has 2 unspecified atom stereocenters. The van der Waals surface area contributed by atoms with Crippen molar-refractivity contribution in [2.75, 3.05) is 31.6 Å². The van der Waals surface area contributed by atoms with Gasteiger partial charge in [-0.1, -0.05) is 30.3 Å². The van der Waals surface area contributed by atoms with Crippen LogP contribution < -0.4 is 20.3 Å². The normalized spacial score (nSPS) is 22.0. The fourth-order valence-electron chi connectivity index (χ4n) is 4.75. The van der Waals surface area contributed by atoms with Gasteiger partial charge in [0.25, 0.3) is 0 Å². The Morgan fingerprint density at radius 1 is 1.18 bits per heavy atom. The van der Waals surface area contributed by atoms with E-state index in [0.29, 0.717) is 12.1 Å². The summed E-state index contributed by atoms with van der Waals surface area (Å²) in [7, 11) is 1.79. The van der Waals surface area contributed by atoms with Crippen molar-refractivity contribution < 1.29 is 4.74 Å². The van der Waals surface area contributed by atoms with Gasteiger partial charge in [0, 0.05) is 43.0 Å². The third-order valence-electron chi connectivity index (χ3n) is 6.25. The van der Waals surface area contributed by atoms with E-state index < -0.39 is 0 Å². The summed E-state index contributed by atoms with van der Waals surface area (Å²) in [5.74, 6) is 1.02. The predicted octanol–water partition coefficient (Wildman–Crippen LogP) is 4.05. The van der Waals surface area contributed by atoms with Gasteiger partial charge in [0.1, 0.15) is 5.75 Å². The molecule has 0 amide bonds. The summed E-state index contributed by atoms with van der Waals surface area (Å²) in [4.78, 5) is 2.50. The van der Waals surface area contributed by atoms with Crippen LogP contribution in [-0.4, -0.2) is 32.8 Å². The summed E-state index contributed by atoms with van der Waals surface area (Å²) in [6, 6.07) is 16.2. The van der Waals surface area contributed by atoms with E-state index in [2.05, 4.69) is 64.9 Å². The zero-order valence-corrected chi connectivity index (χ0v) is 17.2. The number of piperidine rings is 1. The molecule has 2 aliphatic rings. The Morgan fingerprint density at radius 3 is 2.82 bits per heavy atom. The molecular weight excluding hydrogens is 346 g/mol. The first-order valence-electron chi connectivity index (χ1n) is 10.8. The van der Waals surface area contributed by atoms with Crippen molar-refractivity contribution in [1.29, 1.82) is 0 Å². The lowest BCUT2D eigenvalue weighted by atomic mass is 9.92. The molecule has 0 radical (unpaired) electrons. The highest BCUT2D eigenvalue weighted by atomic mass is 16.5. The summed E-state index contributed by atoms with van der Waals surface area (Å²) >= 11 is 0. The molecule has 2 aromatic rings. The molecule has 0 aromatic heterocycles. The lowest BCUT2D eigenvalue weighted by molar-refractivity contribution is 0.303. The molecule has 2 N–H and O–H groups in total. The summed E-state index contributed by atoms with van der Waals surface area (Å²) in [5.41, 5.74) is 5.45. The Hall–Kier alpha value is -2.04. The number of ether oxygens (including phenoxy) is 1. The maximum Gasteiger partial charge on any atom is 0.123 e. The Kier molecular flexibility index (Phi) is 6.18. The van der Waals surface area contributed by atoms with Crippen LogP contribution in [0, 0.1) is 0 Å². The molecule has 1 saturated heterocycles. The maximum absolute atomic E-state index is 5.76. The first-order chi connectivity index (χ1) is 13.8. The minimum Gasteiger partial charge on any atom is -0.496 e. The van der Waals surface area contributed by atoms with E-state index in [1.54, 1.807) is 7.11 Å². The van der Waals surface area contributed by atoms with Crippen LogP contribution in [0.1, 0.15) is 48.9 Å². The Bertz CT molecular complexity index is 777. The topological polar surface area (TPSA) is 36.5 Å². The van der Waals surface area contributed by atoms with Gasteiger partial charge in [-0.2, -0.15) is 0 Å². The SMILES string of the molecule is CCN1CCCc2cc(OC)c(CNC3CCCNC3c3ccccc3)cc21. The number of anilines is 1. The summed E-state index contributed by atoms with van der Waals surface area (Å²) < 4.78 is 5.76. The van der Waals surface area contributed by atoms with E-state index in [1.165, 1.54) is 41.6 Å². The number of methoxy groups -OCH3 is 1. The number of hydrogen-bond acceptors (Lipinski definition) is 4. The van der Waals surface area contributed by atoms with Gasteiger partial charge in [-0.05, 0) is 62.4 Å². The van der Waals surface area contributed by atoms with Crippen molar-refractivity contribution in [3.8, 4) is 5.75 Å². The predicted molar refractivity (Wildman–Crippen MR) is 116 cm³/mol. The van der Waals surface area contributed by atoms with Crippen LogP contribution >= 0.6 is 0 Å². The monoisotopic (exact) mass is 379 g/mol. The van der Waals surface area contributed by atoms with Crippen LogP contribution in [0.2, 0.25) is 0 Å². The standard InChI is InChI=1S/C24H33N3O/c1-3-27-14-8-11-19-16-23(28-2)20(15-22(19)27)17-26-21-12-7-13-25-24(21)18-9-5-4-6-10-18/h4-6,9-10,15-16,21,24-26H,3,7-8,11-14,17H2,1-2H3. The van der Waals surface area contributed by atoms with E-state index in [1.807, 2.05) is 0 Å². The molecular formula is C24H33N3O. The van der Waals surface area contributed by atoms with Crippen molar-refractivity contribution in [3.63, 3.8) is 0 Å². The number of rotatable bonds is 6. The van der Waals surface area contributed by atoms with Crippen molar-refractivity contribution in [1.82, 2.24) is 10.6 Å². The molecule has 28 heavy (non-hydrogen) atoms. The second-order valence-corrected chi connectivity index (χ2v) is 7.95. The van der Waals surface area contributed by atoms with Gasteiger partial charge in [0.2, 0.25) is 0 Å². The number of hydrogen-bond donors (Lipinski definition) is 2. The van der Waals surface area contributed by atoms with Gasteiger partial charge in [-0.3, -0.25) is 0 Å². The molecule has 4 nitrogen and oxygen atoms in total. The smallest absolute Gasteiger partial charge is 0.123 e. The zero-order valence-electron chi connectivity index (χ0n) is 17.2. The Balaban J connectivity index is 1.53. The Morgan fingerprint density at radius 2 is 2.04 bits per heavy atom. The molecule has 2 aliphatic heterocycles. The van der Waals surface area contributed by atoms with Gasteiger partial charge >= 0.3 is 0 Å². The van der Waals surface area contributed by atoms with Crippen LogP contribution in [0.3, 0.4) is 0 Å². The molecule has 0 saturated carbocycles. The van der Waals surface area contributed by atoms with E-state index >= 15 is 0 Å². The zero-order chi connectivity index (χ0) is 19.3. The minimum atomic E-state index is 0.366. The first kappa shape index (κ1) is 19.3. The number of aryl methyl sites for hydroxylation is 1. The summed E-state index contributed by atoms with van der Waals surface area (Å²) in [5, 5.41) is 7.55. The second-order valence-electron chi connectivity index (χ2n) is 7.95. The number of nitrogens with zero attached hydrogens (tertiary/aromatic N) is 1. The second kappa shape index (κ2) is 8.97. The number of fused-ring (bicyclic) bond motifs is 1. The highest BCUT2D eigenvalue weighted by Gasteiger charge is 2.26. The highest BCUT2D eigenvalue weighted by molar-refractivity contribution is 5.61. The van der Waals surface area contributed by atoms with Crippen LogP contribution in [0.15, 0.2) is 42.5 Å². The molecule has 1 fully saturated rings. The lowest BCUT2D eigenvalue weighted by Crippen LogP contribution is -2.45. The highest BCUT2D eigenvalue weighted by Crippen LogP contribution is 2.34.